The summed E-state index contributed by atoms with van der Waals surface area (Å²) in [4.78, 5) is 8.52. The van der Waals surface area contributed by atoms with Crippen molar-refractivity contribution >= 4 is 16.9 Å². The van der Waals surface area contributed by atoms with E-state index in [9.17, 15) is 15.3 Å². The lowest BCUT2D eigenvalue weighted by Crippen LogP contribution is -2.35. The molecule has 5 N–H and O–H groups in total. The summed E-state index contributed by atoms with van der Waals surface area (Å²) in [5.41, 5.74) is 7.02. The lowest BCUT2D eigenvalue weighted by Gasteiger charge is -2.23. The van der Waals surface area contributed by atoms with Crippen LogP contribution in [0, 0.1) is 11.3 Å². The van der Waals surface area contributed by atoms with E-state index in [1.54, 1.807) is 23.2 Å². The van der Waals surface area contributed by atoms with Crippen LogP contribution in [0.15, 0.2) is 18.6 Å². The summed E-state index contributed by atoms with van der Waals surface area (Å²) in [5.74, 6) is 0.0399. The Morgan fingerprint density at radius 3 is 2.90 bits per heavy atom. The first-order valence-corrected chi connectivity index (χ1v) is 6.64. The van der Waals surface area contributed by atoms with Crippen molar-refractivity contribution in [2.45, 2.75) is 24.7 Å². The Labute approximate surface area is 114 Å². The number of nitrogens with zero attached hydrogens (tertiary/aromatic N) is 3. The minimum Gasteiger partial charge on any atom is -0.397 e. The molecule has 0 saturated heterocycles. The number of nitrogen functional groups attached to an aromatic ring is 1. The number of aliphatic hydroxyl groups is 3. The van der Waals surface area contributed by atoms with E-state index in [4.69, 9.17) is 5.73 Å². The van der Waals surface area contributed by atoms with E-state index in [0.29, 0.717) is 23.3 Å². The Morgan fingerprint density at radius 1 is 1.40 bits per heavy atom. The van der Waals surface area contributed by atoms with Crippen LogP contribution in [0.1, 0.15) is 12.5 Å². The molecule has 1 unspecified atom stereocenters. The molecule has 2 aliphatic carbocycles. The van der Waals surface area contributed by atoms with Crippen LogP contribution in [0.3, 0.4) is 0 Å². The van der Waals surface area contributed by atoms with Crippen LogP contribution in [0.25, 0.3) is 11.2 Å². The maximum atomic E-state index is 10.3. The molecule has 0 aromatic carbocycles. The molecule has 2 aromatic heterocycles. The smallest absolute Gasteiger partial charge is 0.162 e. The topological polar surface area (TPSA) is 117 Å². The van der Waals surface area contributed by atoms with Gasteiger partial charge in [0.15, 0.2) is 5.65 Å². The SMILES string of the molecule is Nc1ccnc2c1ncn2[C@H]1C(O)[C@@H](O)[C@]2(CO)C[C@H]12. The second-order valence-electron chi connectivity index (χ2n) is 5.85. The fraction of sp³-hybridized carbons (Fsp3) is 0.538. The van der Waals surface area contributed by atoms with Crippen molar-refractivity contribution in [2.75, 3.05) is 12.3 Å². The number of hydrogen-bond acceptors (Lipinski definition) is 6. The molecule has 0 spiro atoms. The summed E-state index contributed by atoms with van der Waals surface area (Å²) in [5, 5.41) is 29.9. The molecule has 2 aromatic rings. The van der Waals surface area contributed by atoms with Crippen LogP contribution in [-0.2, 0) is 0 Å². The molecule has 7 heteroatoms. The van der Waals surface area contributed by atoms with Gasteiger partial charge in [0.25, 0.3) is 0 Å². The fourth-order valence-electron chi connectivity index (χ4n) is 3.72. The molecule has 2 saturated carbocycles. The van der Waals surface area contributed by atoms with Crippen molar-refractivity contribution in [2.24, 2.45) is 11.3 Å². The summed E-state index contributed by atoms with van der Waals surface area (Å²) >= 11 is 0. The highest BCUT2D eigenvalue weighted by molar-refractivity contribution is 5.83. The molecule has 4 rings (SSSR count). The van der Waals surface area contributed by atoms with E-state index in [1.807, 2.05) is 0 Å². The van der Waals surface area contributed by atoms with Crippen LogP contribution in [0.4, 0.5) is 5.69 Å². The number of aliphatic hydroxyl groups excluding tert-OH is 3. The first-order chi connectivity index (χ1) is 9.60. The minimum atomic E-state index is -0.929. The van der Waals surface area contributed by atoms with Crippen molar-refractivity contribution in [1.29, 1.82) is 0 Å². The Morgan fingerprint density at radius 2 is 2.20 bits per heavy atom. The van der Waals surface area contributed by atoms with Gasteiger partial charge in [-0.05, 0) is 18.4 Å². The van der Waals surface area contributed by atoms with Gasteiger partial charge < -0.3 is 25.6 Å². The number of fused-ring (bicyclic) bond motifs is 2. The van der Waals surface area contributed by atoms with E-state index >= 15 is 0 Å². The Kier molecular flexibility index (Phi) is 2.23. The second kappa shape index (κ2) is 3.69. The zero-order valence-corrected chi connectivity index (χ0v) is 10.7. The third-order valence-electron chi connectivity index (χ3n) is 4.96. The van der Waals surface area contributed by atoms with Gasteiger partial charge in [-0.3, -0.25) is 0 Å². The lowest BCUT2D eigenvalue weighted by molar-refractivity contribution is -0.0300. The number of nitrogens with two attached hydrogens (primary N) is 1. The van der Waals surface area contributed by atoms with E-state index in [-0.39, 0.29) is 18.6 Å². The third kappa shape index (κ3) is 1.25. The summed E-state index contributed by atoms with van der Waals surface area (Å²) in [6.07, 6.45) is 2.05. The number of aromatic nitrogens is 3. The van der Waals surface area contributed by atoms with E-state index in [1.165, 1.54) is 0 Å². The number of pyridine rings is 1. The summed E-state index contributed by atoms with van der Waals surface area (Å²) < 4.78 is 1.77. The highest BCUT2D eigenvalue weighted by Gasteiger charge is 2.71. The van der Waals surface area contributed by atoms with Crippen LogP contribution in [0.2, 0.25) is 0 Å². The highest BCUT2D eigenvalue weighted by Crippen LogP contribution is 2.67. The van der Waals surface area contributed by atoms with E-state index in [2.05, 4.69) is 9.97 Å². The Hall–Kier alpha value is -1.70. The van der Waals surface area contributed by atoms with E-state index < -0.39 is 17.6 Å². The van der Waals surface area contributed by atoms with Gasteiger partial charge in [0.2, 0.25) is 0 Å². The lowest BCUT2D eigenvalue weighted by atomic mass is 10.0. The van der Waals surface area contributed by atoms with Crippen LogP contribution in [0.5, 0.6) is 0 Å². The van der Waals surface area contributed by atoms with Crippen LogP contribution in [-0.4, -0.2) is 48.7 Å². The average molecular weight is 276 g/mol. The molecule has 106 valence electrons. The molecular weight excluding hydrogens is 260 g/mol. The van der Waals surface area contributed by atoms with Gasteiger partial charge in [0.1, 0.15) is 11.6 Å². The van der Waals surface area contributed by atoms with Gasteiger partial charge in [0, 0.05) is 11.6 Å². The monoisotopic (exact) mass is 276 g/mol. The van der Waals surface area contributed by atoms with E-state index in [0.717, 1.165) is 0 Å². The fourth-order valence-corrected chi connectivity index (χ4v) is 3.72. The summed E-state index contributed by atoms with van der Waals surface area (Å²) in [7, 11) is 0. The molecular formula is C13H16N4O3. The first-order valence-electron chi connectivity index (χ1n) is 6.64. The van der Waals surface area contributed by atoms with Gasteiger partial charge in [-0.2, -0.15) is 0 Å². The number of anilines is 1. The zero-order valence-electron chi connectivity index (χ0n) is 10.7. The van der Waals surface area contributed by atoms with Crippen molar-refractivity contribution in [3.05, 3.63) is 18.6 Å². The zero-order chi connectivity index (χ0) is 14.1. The Balaban J connectivity index is 1.83. The van der Waals surface area contributed by atoms with Gasteiger partial charge >= 0.3 is 0 Å². The summed E-state index contributed by atoms with van der Waals surface area (Å²) in [6.45, 7) is -0.116. The predicted molar refractivity (Wildman–Crippen MR) is 70.6 cm³/mol. The quantitative estimate of drug-likeness (QED) is 0.575. The molecule has 0 amide bonds. The molecule has 20 heavy (non-hydrogen) atoms. The summed E-state index contributed by atoms with van der Waals surface area (Å²) in [6, 6.07) is 1.35. The van der Waals surface area contributed by atoms with Gasteiger partial charge in [0.05, 0.1) is 30.8 Å². The standard InChI is InChI=1S/C13H16N4O3/c14-7-1-2-15-12-8(7)16-5-17(12)9-6-3-13(6,4-18)11(20)10(9)19/h1-2,5-6,9-11,18-20H,3-4H2,(H2,14,15)/t6-,9-,10?,11-,13+/m1/s1. The largest absolute Gasteiger partial charge is 0.397 e. The van der Waals surface area contributed by atoms with Crippen molar-refractivity contribution in [3.8, 4) is 0 Å². The maximum Gasteiger partial charge on any atom is 0.162 e. The van der Waals surface area contributed by atoms with Crippen LogP contribution >= 0.6 is 0 Å². The third-order valence-corrected chi connectivity index (χ3v) is 4.96. The molecule has 2 heterocycles. The predicted octanol–water partition coefficient (Wildman–Crippen LogP) is -0.711. The first kappa shape index (κ1) is 12.1. The maximum absolute atomic E-state index is 10.3. The highest BCUT2D eigenvalue weighted by atomic mass is 16.3. The molecule has 0 bridgehead atoms. The minimum absolute atomic E-state index is 0.0399. The Bertz CT molecular complexity index is 687. The molecule has 2 aliphatic rings. The van der Waals surface area contributed by atoms with Crippen molar-refractivity contribution in [1.82, 2.24) is 14.5 Å². The van der Waals surface area contributed by atoms with Crippen LogP contribution < -0.4 is 5.73 Å². The second-order valence-corrected chi connectivity index (χ2v) is 5.85. The number of rotatable bonds is 2. The van der Waals surface area contributed by atoms with Crippen molar-refractivity contribution < 1.29 is 15.3 Å². The molecule has 2 fully saturated rings. The van der Waals surface area contributed by atoms with Crippen molar-refractivity contribution in [3.63, 3.8) is 0 Å². The molecule has 0 radical (unpaired) electrons. The molecule has 0 aliphatic heterocycles. The number of imidazole rings is 1. The number of hydrogen-bond donors (Lipinski definition) is 4. The normalized spacial score (nSPS) is 39.1. The molecule has 7 nitrogen and oxygen atoms in total. The van der Waals surface area contributed by atoms with Gasteiger partial charge in [-0.1, -0.05) is 0 Å². The molecule has 5 atom stereocenters. The van der Waals surface area contributed by atoms with Gasteiger partial charge in [-0.25, -0.2) is 9.97 Å². The average Bonchev–Trinajstić information content (AvgIpc) is 2.95. The van der Waals surface area contributed by atoms with Gasteiger partial charge in [-0.15, -0.1) is 0 Å².